The zero-order chi connectivity index (χ0) is 23.1. The maximum Gasteiger partial charge on any atom is 0.264 e. The van der Waals surface area contributed by atoms with Crippen molar-refractivity contribution in [3.63, 3.8) is 0 Å². The molecule has 32 heavy (non-hydrogen) atoms. The van der Waals surface area contributed by atoms with E-state index in [1.54, 1.807) is 39.3 Å². The van der Waals surface area contributed by atoms with Gasteiger partial charge < -0.3 is 9.80 Å². The lowest BCUT2D eigenvalue weighted by molar-refractivity contribution is -0.133. The first-order valence-electron chi connectivity index (χ1n) is 10.8. The molecule has 0 fully saturated rings. The summed E-state index contributed by atoms with van der Waals surface area (Å²) in [5.74, 6) is -0.241. The van der Waals surface area contributed by atoms with Crippen molar-refractivity contribution in [1.29, 1.82) is 0 Å². The van der Waals surface area contributed by atoms with E-state index < -0.39 is 0 Å². The van der Waals surface area contributed by atoms with Crippen molar-refractivity contribution in [2.45, 2.75) is 40.3 Å². The van der Waals surface area contributed by atoms with Crippen LogP contribution in [0, 0.1) is 18.7 Å². The number of benzene rings is 1. The normalized spacial score (nSPS) is 11.9. The summed E-state index contributed by atoms with van der Waals surface area (Å²) in [6.07, 6.45) is 0.927. The topological polar surface area (TPSA) is 40.6 Å². The fourth-order valence-electron chi connectivity index (χ4n) is 3.34. The second kappa shape index (κ2) is 11.4. The average Bonchev–Trinajstić information content (AvgIpc) is 3.45. The SMILES string of the molecule is CC[C@H](C)CN(CC(=O)N(Cc1ccc(F)cc1)Cc1ccc(C)s1)C(=O)c1cccs1. The Kier molecular flexibility index (Phi) is 8.59. The van der Waals surface area contributed by atoms with E-state index in [1.807, 2.05) is 30.5 Å². The lowest BCUT2D eigenvalue weighted by atomic mass is 10.1. The Labute approximate surface area is 197 Å². The second-order valence-electron chi connectivity index (χ2n) is 8.07. The Bertz CT molecular complexity index is 1020. The molecule has 0 N–H and O–H groups in total. The summed E-state index contributed by atoms with van der Waals surface area (Å²) in [4.78, 5) is 32.9. The van der Waals surface area contributed by atoms with Gasteiger partial charge in [-0.15, -0.1) is 22.7 Å². The minimum atomic E-state index is -0.304. The zero-order valence-electron chi connectivity index (χ0n) is 18.7. The maximum atomic E-state index is 13.4. The molecule has 2 amide bonds. The van der Waals surface area contributed by atoms with Crippen molar-refractivity contribution in [1.82, 2.24) is 9.80 Å². The smallest absolute Gasteiger partial charge is 0.264 e. The summed E-state index contributed by atoms with van der Waals surface area (Å²) in [5, 5.41) is 1.87. The number of aryl methyl sites for hydroxylation is 1. The third-order valence-electron chi connectivity index (χ3n) is 5.36. The van der Waals surface area contributed by atoms with Crippen molar-refractivity contribution in [3.05, 3.63) is 79.9 Å². The van der Waals surface area contributed by atoms with Gasteiger partial charge in [0, 0.05) is 22.8 Å². The van der Waals surface area contributed by atoms with E-state index in [0.29, 0.717) is 24.5 Å². The van der Waals surface area contributed by atoms with E-state index in [-0.39, 0.29) is 30.1 Å². The van der Waals surface area contributed by atoms with Crippen LogP contribution in [0.5, 0.6) is 0 Å². The number of hydrogen-bond donors (Lipinski definition) is 0. The van der Waals surface area contributed by atoms with Crippen LogP contribution in [0.25, 0.3) is 0 Å². The summed E-state index contributed by atoms with van der Waals surface area (Å²) in [6.45, 7) is 7.58. The molecule has 0 saturated heterocycles. The first kappa shape index (κ1) is 24.1. The van der Waals surface area contributed by atoms with Gasteiger partial charge in [0.25, 0.3) is 5.91 Å². The summed E-state index contributed by atoms with van der Waals surface area (Å²) < 4.78 is 13.4. The number of hydrogen-bond acceptors (Lipinski definition) is 4. The molecule has 7 heteroatoms. The summed E-state index contributed by atoms with van der Waals surface area (Å²) >= 11 is 3.04. The lowest BCUT2D eigenvalue weighted by Gasteiger charge is -2.29. The minimum absolute atomic E-state index is 0.0205. The Balaban J connectivity index is 1.81. The number of amides is 2. The number of rotatable bonds is 10. The van der Waals surface area contributed by atoms with Gasteiger partial charge in [-0.3, -0.25) is 9.59 Å². The van der Waals surface area contributed by atoms with Gasteiger partial charge in [0.2, 0.25) is 5.91 Å². The van der Waals surface area contributed by atoms with Crippen molar-refractivity contribution < 1.29 is 14.0 Å². The van der Waals surface area contributed by atoms with Gasteiger partial charge in [-0.1, -0.05) is 38.5 Å². The monoisotopic (exact) mass is 472 g/mol. The zero-order valence-corrected chi connectivity index (χ0v) is 20.3. The summed E-state index contributed by atoms with van der Waals surface area (Å²) in [5.41, 5.74) is 0.853. The highest BCUT2D eigenvalue weighted by Crippen LogP contribution is 2.20. The van der Waals surface area contributed by atoms with Crippen molar-refractivity contribution in [2.75, 3.05) is 13.1 Å². The molecule has 0 spiro atoms. The molecule has 0 aliphatic rings. The van der Waals surface area contributed by atoms with Gasteiger partial charge in [0.05, 0.1) is 11.4 Å². The Morgan fingerprint density at radius 1 is 1.03 bits per heavy atom. The number of halogens is 1. The number of nitrogens with zero attached hydrogens (tertiary/aromatic N) is 2. The maximum absolute atomic E-state index is 13.4. The van der Waals surface area contributed by atoms with Crippen molar-refractivity contribution in [2.24, 2.45) is 5.92 Å². The molecule has 0 aliphatic heterocycles. The molecule has 3 rings (SSSR count). The number of carbonyl (C=O) groups is 2. The van der Waals surface area contributed by atoms with E-state index in [1.165, 1.54) is 28.3 Å². The second-order valence-corrected chi connectivity index (χ2v) is 10.4. The molecule has 2 aromatic heterocycles. The molecule has 4 nitrogen and oxygen atoms in total. The molecule has 0 saturated carbocycles. The minimum Gasteiger partial charge on any atom is -0.332 e. The molecule has 170 valence electrons. The third kappa shape index (κ3) is 6.74. The first-order valence-corrected chi connectivity index (χ1v) is 12.5. The predicted molar refractivity (Wildman–Crippen MR) is 129 cm³/mol. The van der Waals surface area contributed by atoms with Crippen molar-refractivity contribution in [3.8, 4) is 0 Å². The van der Waals surface area contributed by atoms with E-state index in [4.69, 9.17) is 0 Å². The molecule has 1 aromatic carbocycles. The van der Waals surface area contributed by atoms with E-state index in [9.17, 15) is 14.0 Å². The third-order valence-corrected chi connectivity index (χ3v) is 7.20. The lowest BCUT2D eigenvalue weighted by Crippen LogP contribution is -2.43. The molecular formula is C25H29FN2O2S2. The molecule has 1 atom stereocenters. The highest BCUT2D eigenvalue weighted by Gasteiger charge is 2.24. The Morgan fingerprint density at radius 2 is 1.78 bits per heavy atom. The van der Waals surface area contributed by atoms with Crippen LogP contribution in [0.15, 0.2) is 53.9 Å². The van der Waals surface area contributed by atoms with Gasteiger partial charge in [-0.2, -0.15) is 0 Å². The first-order chi connectivity index (χ1) is 15.4. The molecule has 0 aliphatic carbocycles. The van der Waals surface area contributed by atoms with Crippen LogP contribution in [0.1, 0.15) is 45.3 Å². The van der Waals surface area contributed by atoms with Crippen LogP contribution in [0.4, 0.5) is 4.39 Å². The van der Waals surface area contributed by atoms with E-state index in [0.717, 1.165) is 16.9 Å². The van der Waals surface area contributed by atoms with Crippen LogP contribution in [0.3, 0.4) is 0 Å². The highest BCUT2D eigenvalue weighted by atomic mass is 32.1. The number of thiophene rings is 2. The fraction of sp³-hybridized carbons (Fsp3) is 0.360. The Morgan fingerprint density at radius 3 is 2.38 bits per heavy atom. The van der Waals surface area contributed by atoms with E-state index in [2.05, 4.69) is 13.8 Å². The summed E-state index contributed by atoms with van der Waals surface area (Å²) in [7, 11) is 0. The molecule has 0 bridgehead atoms. The standard InChI is InChI=1S/C25H29FN2O2S2/c1-4-18(2)14-28(25(30)23-6-5-13-31-23)17-24(29)27(16-22-12-7-19(3)32-22)15-20-8-10-21(26)11-9-20/h5-13,18H,4,14-17H2,1-3H3/t18-/m0/s1. The molecule has 3 aromatic rings. The van der Waals surface area contributed by atoms with Gasteiger partial charge >= 0.3 is 0 Å². The summed E-state index contributed by atoms with van der Waals surface area (Å²) in [6, 6.07) is 13.9. The van der Waals surface area contributed by atoms with Gasteiger partial charge in [0.1, 0.15) is 12.4 Å². The number of carbonyl (C=O) groups excluding carboxylic acids is 2. The molecule has 0 unspecified atom stereocenters. The van der Waals surface area contributed by atoms with Crippen molar-refractivity contribution >= 4 is 34.5 Å². The highest BCUT2D eigenvalue weighted by molar-refractivity contribution is 7.12. The Hall–Kier alpha value is -2.51. The largest absolute Gasteiger partial charge is 0.332 e. The van der Waals surface area contributed by atoms with E-state index >= 15 is 0 Å². The molecule has 0 radical (unpaired) electrons. The molecule has 2 heterocycles. The fourth-order valence-corrected chi connectivity index (χ4v) is 4.94. The average molecular weight is 473 g/mol. The van der Waals surface area contributed by atoms with Gasteiger partial charge in [0.15, 0.2) is 0 Å². The van der Waals surface area contributed by atoms with Crippen LogP contribution < -0.4 is 0 Å². The predicted octanol–water partition coefficient (Wildman–Crippen LogP) is 5.97. The van der Waals surface area contributed by atoms with Gasteiger partial charge in [-0.05, 0) is 54.1 Å². The molecular weight excluding hydrogens is 443 g/mol. The quantitative estimate of drug-likeness (QED) is 0.364. The van der Waals surface area contributed by atoms with Crippen LogP contribution in [0.2, 0.25) is 0 Å². The van der Waals surface area contributed by atoms with Gasteiger partial charge in [-0.25, -0.2) is 4.39 Å². The van der Waals surface area contributed by atoms with Crippen LogP contribution in [-0.2, 0) is 17.9 Å². The van der Waals surface area contributed by atoms with Crippen LogP contribution in [-0.4, -0.2) is 34.7 Å². The van der Waals surface area contributed by atoms with Crippen LogP contribution >= 0.6 is 22.7 Å².